The second kappa shape index (κ2) is 6.30. The molecule has 4 fully saturated rings. The van der Waals surface area contributed by atoms with Crippen molar-refractivity contribution in [3.8, 4) is 0 Å². The lowest BCUT2D eigenvalue weighted by Crippen LogP contribution is -2.58. The van der Waals surface area contributed by atoms with Gasteiger partial charge in [-0.25, -0.2) is 0 Å². The molecule has 0 unspecified atom stereocenters. The van der Waals surface area contributed by atoms with E-state index in [1.54, 1.807) is 0 Å². The van der Waals surface area contributed by atoms with Crippen LogP contribution in [0.5, 0.6) is 0 Å². The van der Waals surface area contributed by atoms with Crippen molar-refractivity contribution >= 4 is 5.78 Å². The molecule has 4 aliphatic rings. The van der Waals surface area contributed by atoms with Crippen LogP contribution < -0.4 is 0 Å². The molecule has 4 rings (SSSR count). The summed E-state index contributed by atoms with van der Waals surface area (Å²) in [5.41, 5.74) is -0.00514. The monoisotopic (exact) mass is 362 g/mol. The minimum Gasteiger partial charge on any atom is -0.390 e. The maximum absolute atomic E-state index is 12.3. The Morgan fingerprint density at radius 2 is 1.81 bits per heavy atom. The van der Waals surface area contributed by atoms with Crippen LogP contribution in [0, 0.1) is 40.4 Å². The van der Waals surface area contributed by atoms with Crippen LogP contribution in [-0.4, -0.2) is 30.2 Å². The summed E-state index contributed by atoms with van der Waals surface area (Å²) >= 11 is 0. The Balaban J connectivity index is 1.65. The van der Waals surface area contributed by atoms with E-state index < -0.39 is 5.60 Å². The average molecular weight is 363 g/mol. The Morgan fingerprint density at radius 1 is 1.04 bits per heavy atom. The SMILES string of the molecule is COC[C@]12CC[C@@](C)(O)C[C@@H]1CC[C@H]1[C@@H]3CC[C@H](C(C)=O)[C@@]3(C)CC[C@@H]12. The molecule has 0 radical (unpaired) electrons. The number of carbonyl (C=O) groups excluding carboxylic acids is 1. The van der Waals surface area contributed by atoms with Gasteiger partial charge in [-0.15, -0.1) is 0 Å². The molecule has 0 aromatic rings. The second-order valence-electron chi connectivity index (χ2n) is 10.8. The molecule has 0 aromatic carbocycles. The van der Waals surface area contributed by atoms with E-state index in [0.717, 1.165) is 44.1 Å². The van der Waals surface area contributed by atoms with Gasteiger partial charge >= 0.3 is 0 Å². The fourth-order valence-electron chi connectivity index (χ4n) is 8.45. The number of Topliss-reactive ketones (excluding diaryl/α,β-unsaturated/α-hetero) is 1. The van der Waals surface area contributed by atoms with Crippen LogP contribution in [0.25, 0.3) is 0 Å². The molecule has 0 amide bonds. The number of methoxy groups -OCH3 is 1. The molecular weight excluding hydrogens is 324 g/mol. The Labute approximate surface area is 159 Å². The normalized spacial score (nSPS) is 53.5. The quantitative estimate of drug-likeness (QED) is 0.797. The third-order valence-corrected chi connectivity index (χ3v) is 9.56. The van der Waals surface area contributed by atoms with Gasteiger partial charge in [0.15, 0.2) is 0 Å². The van der Waals surface area contributed by atoms with Crippen LogP contribution in [0.15, 0.2) is 0 Å². The highest BCUT2D eigenvalue weighted by Gasteiger charge is 2.62. The molecule has 0 heterocycles. The first kappa shape index (κ1) is 18.9. The van der Waals surface area contributed by atoms with E-state index >= 15 is 0 Å². The van der Waals surface area contributed by atoms with Crippen molar-refractivity contribution < 1.29 is 14.6 Å². The van der Waals surface area contributed by atoms with E-state index in [-0.39, 0.29) is 16.7 Å². The van der Waals surface area contributed by atoms with E-state index in [1.807, 2.05) is 21.0 Å². The van der Waals surface area contributed by atoms with Crippen molar-refractivity contribution in [2.45, 2.75) is 84.2 Å². The van der Waals surface area contributed by atoms with Crippen molar-refractivity contribution in [3.05, 3.63) is 0 Å². The third kappa shape index (κ3) is 2.64. The summed E-state index contributed by atoms with van der Waals surface area (Å²) in [5.74, 6) is 3.50. The number of hydrogen-bond acceptors (Lipinski definition) is 3. The molecule has 0 spiro atoms. The molecular formula is C23H38O3. The Morgan fingerprint density at radius 3 is 2.50 bits per heavy atom. The van der Waals surface area contributed by atoms with Crippen molar-refractivity contribution in [1.82, 2.24) is 0 Å². The Kier molecular flexibility index (Phi) is 4.59. The summed E-state index contributed by atoms with van der Waals surface area (Å²) in [7, 11) is 1.86. The highest BCUT2D eigenvalue weighted by atomic mass is 16.5. The fraction of sp³-hybridized carbons (Fsp3) is 0.957. The van der Waals surface area contributed by atoms with Gasteiger partial charge in [-0.3, -0.25) is 4.79 Å². The van der Waals surface area contributed by atoms with Gasteiger partial charge in [-0.2, -0.15) is 0 Å². The molecule has 0 aromatic heterocycles. The first-order chi connectivity index (χ1) is 12.2. The van der Waals surface area contributed by atoms with Crippen LogP contribution in [0.2, 0.25) is 0 Å². The molecule has 1 N–H and O–H groups in total. The highest BCUT2D eigenvalue weighted by molar-refractivity contribution is 5.79. The van der Waals surface area contributed by atoms with Crippen molar-refractivity contribution in [3.63, 3.8) is 0 Å². The number of fused-ring (bicyclic) bond motifs is 5. The van der Waals surface area contributed by atoms with Gasteiger partial charge in [-0.05, 0) is 106 Å². The lowest BCUT2D eigenvalue weighted by atomic mass is 9.43. The smallest absolute Gasteiger partial charge is 0.133 e. The number of carbonyl (C=O) groups is 1. The topological polar surface area (TPSA) is 46.5 Å². The molecule has 4 saturated carbocycles. The predicted octanol–water partition coefficient (Wildman–Crippen LogP) is 4.61. The first-order valence-corrected chi connectivity index (χ1v) is 11.0. The molecule has 26 heavy (non-hydrogen) atoms. The third-order valence-electron chi connectivity index (χ3n) is 9.56. The van der Waals surface area contributed by atoms with Crippen molar-refractivity contribution in [2.75, 3.05) is 13.7 Å². The molecule has 148 valence electrons. The molecule has 3 nitrogen and oxygen atoms in total. The lowest BCUT2D eigenvalue weighted by Gasteiger charge is -2.62. The number of aliphatic hydroxyl groups is 1. The van der Waals surface area contributed by atoms with Crippen molar-refractivity contribution in [2.24, 2.45) is 40.4 Å². The fourth-order valence-corrected chi connectivity index (χ4v) is 8.45. The summed E-state index contributed by atoms with van der Waals surface area (Å²) in [5, 5.41) is 10.7. The average Bonchev–Trinajstić information content (AvgIpc) is 2.92. The van der Waals surface area contributed by atoms with Gasteiger partial charge < -0.3 is 9.84 Å². The zero-order chi connectivity index (χ0) is 18.7. The van der Waals surface area contributed by atoms with Crippen LogP contribution in [0.4, 0.5) is 0 Å². The number of rotatable bonds is 3. The van der Waals surface area contributed by atoms with Crippen LogP contribution in [0.1, 0.15) is 78.6 Å². The van der Waals surface area contributed by atoms with Gasteiger partial charge in [0, 0.05) is 13.0 Å². The largest absolute Gasteiger partial charge is 0.390 e. The van der Waals surface area contributed by atoms with E-state index in [1.165, 1.54) is 32.1 Å². The number of ether oxygens (including phenoxy) is 1. The zero-order valence-corrected chi connectivity index (χ0v) is 17.2. The van der Waals surface area contributed by atoms with E-state index in [9.17, 15) is 9.90 Å². The first-order valence-electron chi connectivity index (χ1n) is 11.0. The van der Waals surface area contributed by atoms with Gasteiger partial charge in [0.05, 0.1) is 12.2 Å². The molecule has 3 heteroatoms. The minimum atomic E-state index is -0.495. The number of hydrogen-bond donors (Lipinski definition) is 1. The molecule has 8 atom stereocenters. The lowest BCUT2D eigenvalue weighted by molar-refractivity contribution is -0.175. The van der Waals surface area contributed by atoms with E-state index in [2.05, 4.69) is 6.92 Å². The maximum Gasteiger partial charge on any atom is 0.133 e. The predicted molar refractivity (Wildman–Crippen MR) is 103 cm³/mol. The molecule has 4 aliphatic carbocycles. The van der Waals surface area contributed by atoms with Crippen LogP contribution >= 0.6 is 0 Å². The summed E-state index contributed by atoms with van der Waals surface area (Å²) in [6, 6.07) is 0. The summed E-state index contributed by atoms with van der Waals surface area (Å²) < 4.78 is 5.82. The van der Waals surface area contributed by atoms with Crippen molar-refractivity contribution in [1.29, 1.82) is 0 Å². The Hall–Kier alpha value is -0.410. The second-order valence-corrected chi connectivity index (χ2v) is 10.8. The van der Waals surface area contributed by atoms with Gasteiger partial charge in [-0.1, -0.05) is 6.92 Å². The minimum absolute atomic E-state index is 0.230. The standard InChI is InChI=1S/C23H38O3/c1-15(24)18-7-8-19-17-6-5-16-13-21(2,25)11-12-23(16,14-26-4)20(17)9-10-22(18,19)3/h16-20,25H,5-14H2,1-4H3/t16-,17-,18+,19-,20-,21+,22+,23+/m0/s1. The van der Waals surface area contributed by atoms with Gasteiger partial charge in [0.25, 0.3) is 0 Å². The van der Waals surface area contributed by atoms with E-state index in [4.69, 9.17) is 4.74 Å². The van der Waals surface area contributed by atoms with E-state index in [0.29, 0.717) is 17.6 Å². The van der Waals surface area contributed by atoms with Crippen LogP contribution in [0.3, 0.4) is 0 Å². The summed E-state index contributed by atoms with van der Waals surface area (Å²) in [4.78, 5) is 12.3. The zero-order valence-electron chi connectivity index (χ0n) is 17.2. The molecule has 0 bridgehead atoms. The maximum atomic E-state index is 12.3. The summed E-state index contributed by atoms with van der Waals surface area (Å²) in [6.07, 6.45) is 10.3. The van der Waals surface area contributed by atoms with Crippen LogP contribution in [-0.2, 0) is 9.53 Å². The molecule has 0 saturated heterocycles. The number of ketones is 1. The summed E-state index contributed by atoms with van der Waals surface area (Å²) in [6.45, 7) is 7.13. The van der Waals surface area contributed by atoms with Gasteiger partial charge in [0.1, 0.15) is 5.78 Å². The highest BCUT2D eigenvalue weighted by Crippen LogP contribution is 2.68. The molecule has 0 aliphatic heterocycles. The Bertz CT molecular complexity index is 570. The van der Waals surface area contributed by atoms with Gasteiger partial charge in [0.2, 0.25) is 0 Å².